The first-order valence-corrected chi connectivity index (χ1v) is 39.0. The molecule has 0 radical (unpaired) electrons. The zero-order valence-corrected chi connectivity index (χ0v) is 65.2. The van der Waals surface area contributed by atoms with E-state index in [9.17, 15) is 32.2 Å². The van der Waals surface area contributed by atoms with E-state index in [1.807, 2.05) is 142 Å². The number of aromatic nitrogens is 6. The van der Waals surface area contributed by atoms with Gasteiger partial charge in [-0.25, -0.2) is 31.8 Å². The van der Waals surface area contributed by atoms with Gasteiger partial charge in [0.05, 0.1) is 80.4 Å². The highest BCUT2D eigenvalue weighted by Crippen LogP contribution is 2.46. The Hall–Kier alpha value is -11.2. The standard InChI is InChI=1S/C29H32N4O.C28H33N5O5S2.C26H33N3O4/c1-19-17-23(18-20(2)28(19)34)29-30-26(16-9-21-7-12-24(13-8-21)32(3)4)27(31-29)22-10-14-25(15-11-22)33(5)6;1-18-15-21(33(2)3)12-13-22(18)26-23(14-11-19-9-7-6-8-10-19)29-28(30-26)20-16-24(31-39(4,35)36)27(34)25(17-20)32-40(5,37)38;1-27-16-29-24(18-10-12-20(31-2)13-11-18)23(17-8-6-5-7-9-17)28-26(29)19-14-21(32-3)25(30)22(15-19)33-4/h7-18,34H,1-6H3,(H,30,31);6-10,12-13,15-17,31-32,34H,11,14H2,1-5H3,(H,29,30);10-15,17,27,30H,5-9,16H2,1-4H3/b16-9+;;. The van der Waals surface area contributed by atoms with Crippen LogP contribution in [0.3, 0.4) is 0 Å². The van der Waals surface area contributed by atoms with Crippen molar-refractivity contribution in [1.29, 1.82) is 0 Å². The van der Waals surface area contributed by atoms with E-state index in [0.29, 0.717) is 47.6 Å². The Balaban J connectivity index is 0.000000172. The lowest BCUT2D eigenvalue weighted by Crippen LogP contribution is -2.15. The highest BCUT2D eigenvalue weighted by Gasteiger charge is 2.29. The van der Waals surface area contributed by atoms with Crippen LogP contribution in [0.4, 0.5) is 28.4 Å². The summed E-state index contributed by atoms with van der Waals surface area (Å²) in [4.78, 5) is 28.2. The topological polar surface area (TPSA) is 278 Å². The van der Waals surface area contributed by atoms with Crippen LogP contribution in [0, 0.1) is 20.8 Å². The first-order chi connectivity index (χ1) is 51.0. The lowest BCUT2D eigenvalue weighted by molar-refractivity contribution is 0.340. The van der Waals surface area contributed by atoms with Gasteiger partial charge in [0.2, 0.25) is 25.8 Å². The Morgan fingerprint density at radius 1 is 0.533 bits per heavy atom. The van der Waals surface area contributed by atoms with Crippen LogP contribution in [0.25, 0.3) is 80.1 Å². The summed E-state index contributed by atoms with van der Waals surface area (Å²) in [7, 11) is 11.2. The molecule has 0 aliphatic heterocycles. The van der Waals surface area contributed by atoms with Crippen molar-refractivity contribution < 1.29 is 46.4 Å². The molecule has 24 heteroatoms. The first-order valence-electron chi connectivity index (χ1n) is 35.3. The second-order valence-electron chi connectivity index (χ2n) is 27.4. The lowest BCUT2D eigenvalue weighted by atomic mass is 9.85. The second kappa shape index (κ2) is 34.4. The molecule has 0 amide bonds. The average Bonchev–Trinajstić information content (AvgIpc) is 1.63. The molecule has 1 saturated carbocycles. The Kier molecular flexibility index (Phi) is 25.2. The number of benzene rings is 8. The number of aromatic hydroxyl groups is 3. The van der Waals surface area contributed by atoms with E-state index >= 15 is 0 Å². The fourth-order valence-electron chi connectivity index (χ4n) is 13.1. The zero-order valence-electron chi connectivity index (χ0n) is 63.5. The van der Waals surface area contributed by atoms with Crippen LogP contribution in [0.15, 0.2) is 158 Å². The molecule has 8 N–H and O–H groups in total. The molecule has 0 saturated heterocycles. The quantitative estimate of drug-likeness (QED) is 0.0261. The molecule has 1 fully saturated rings. The molecule has 11 aromatic rings. The van der Waals surface area contributed by atoms with Crippen molar-refractivity contribution in [2.24, 2.45) is 0 Å². The fraction of sp³-hybridized carbons (Fsp3) is 0.289. The molecule has 0 unspecified atom stereocenters. The molecule has 562 valence electrons. The predicted molar refractivity (Wildman–Crippen MR) is 435 cm³/mol. The van der Waals surface area contributed by atoms with Gasteiger partial charge in [0, 0.05) is 104 Å². The van der Waals surface area contributed by atoms with Crippen molar-refractivity contribution in [2.45, 2.75) is 78.3 Å². The number of phenols is 3. The summed E-state index contributed by atoms with van der Waals surface area (Å²) >= 11 is 0. The molecule has 8 aromatic carbocycles. The minimum absolute atomic E-state index is 0.0154. The number of nitrogens with one attached hydrogen (secondary N) is 5. The number of aromatic amines is 2. The van der Waals surface area contributed by atoms with E-state index in [1.54, 1.807) is 7.11 Å². The van der Waals surface area contributed by atoms with Gasteiger partial charge in [0.25, 0.3) is 0 Å². The van der Waals surface area contributed by atoms with Crippen LogP contribution in [0.2, 0.25) is 0 Å². The number of imidazole rings is 3. The van der Waals surface area contributed by atoms with E-state index in [1.165, 1.54) is 51.3 Å². The smallest absolute Gasteiger partial charge is 0.229 e. The molecule has 0 spiro atoms. The number of methoxy groups -OCH3 is 3. The Labute approximate surface area is 628 Å². The normalized spacial score (nSPS) is 12.4. The van der Waals surface area contributed by atoms with E-state index in [0.717, 1.165) is 150 Å². The molecular formula is C83H98N12O10S2. The van der Waals surface area contributed by atoms with Crippen LogP contribution in [-0.4, -0.2) is 145 Å². The molecular weight excluding hydrogens is 1390 g/mol. The van der Waals surface area contributed by atoms with E-state index < -0.39 is 25.8 Å². The number of hydrogen-bond acceptors (Lipinski definition) is 17. The Bertz CT molecular complexity index is 5060. The summed E-state index contributed by atoms with van der Waals surface area (Å²) in [5.74, 6) is 3.69. The molecule has 22 nitrogen and oxygen atoms in total. The van der Waals surface area contributed by atoms with E-state index in [4.69, 9.17) is 29.2 Å². The Morgan fingerprint density at radius 2 is 1.07 bits per heavy atom. The van der Waals surface area contributed by atoms with Crippen molar-refractivity contribution in [1.82, 2.24) is 34.8 Å². The second-order valence-corrected chi connectivity index (χ2v) is 30.9. The van der Waals surface area contributed by atoms with Gasteiger partial charge in [-0.3, -0.25) is 9.44 Å². The van der Waals surface area contributed by atoms with Crippen molar-refractivity contribution in [3.63, 3.8) is 0 Å². The molecule has 1 aliphatic rings. The Morgan fingerprint density at radius 3 is 1.60 bits per heavy atom. The number of ether oxygens (including phenoxy) is 3. The van der Waals surface area contributed by atoms with Gasteiger partial charge in [0.15, 0.2) is 17.2 Å². The highest BCUT2D eigenvalue weighted by molar-refractivity contribution is 7.92. The minimum atomic E-state index is -3.78. The maximum atomic E-state index is 12.0. The van der Waals surface area contributed by atoms with Crippen LogP contribution in [0.5, 0.6) is 34.5 Å². The summed E-state index contributed by atoms with van der Waals surface area (Å²) in [6.07, 6.45) is 13.5. The van der Waals surface area contributed by atoms with E-state index in [-0.39, 0.29) is 17.1 Å². The largest absolute Gasteiger partial charge is 0.507 e. The lowest BCUT2D eigenvalue weighted by Gasteiger charge is -2.22. The number of sulfonamides is 2. The average molecular weight is 1490 g/mol. The number of anilines is 5. The van der Waals surface area contributed by atoms with Crippen LogP contribution in [-0.2, 0) is 39.6 Å². The summed E-state index contributed by atoms with van der Waals surface area (Å²) < 4.78 is 70.9. The molecule has 3 aromatic heterocycles. The van der Waals surface area contributed by atoms with Crippen LogP contribution in [0.1, 0.15) is 82.9 Å². The summed E-state index contributed by atoms with van der Waals surface area (Å²) in [5.41, 5.74) is 18.9. The van der Waals surface area contributed by atoms with Gasteiger partial charge in [-0.05, 0) is 184 Å². The number of hydrogen-bond donors (Lipinski definition) is 8. The third kappa shape index (κ3) is 19.5. The summed E-state index contributed by atoms with van der Waals surface area (Å²) in [6.45, 7) is 6.42. The van der Waals surface area contributed by atoms with E-state index in [2.05, 4.69) is 130 Å². The zero-order chi connectivity index (χ0) is 77.0. The van der Waals surface area contributed by atoms with Gasteiger partial charge in [-0.15, -0.1) is 0 Å². The number of aryl methyl sites for hydroxylation is 5. The van der Waals surface area contributed by atoms with Crippen molar-refractivity contribution in [3.8, 4) is 102 Å². The first kappa shape index (κ1) is 78.4. The number of H-pyrrole nitrogens is 2. The van der Waals surface area contributed by atoms with Crippen molar-refractivity contribution in [2.75, 3.05) is 107 Å². The van der Waals surface area contributed by atoms with Gasteiger partial charge >= 0.3 is 0 Å². The van der Waals surface area contributed by atoms with Gasteiger partial charge in [0.1, 0.15) is 29.0 Å². The molecule has 1 aliphatic carbocycles. The highest BCUT2D eigenvalue weighted by atomic mass is 32.2. The molecule has 3 heterocycles. The predicted octanol–water partition coefficient (Wildman–Crippen LogP) is 15.9. The maximum Gasteiger partial charge on any atom is 0.229 e. The fourth-order valence-corrected chi connectivity index (χ4v) is 14.2. The van der Waals surface area contributed by atoms with Crippen LogP contribution >= 0.6 is 0 Å². The molecule has 12 rings (SSSR count). The number of phenolic OH excluding ortho intramolecular Hbond substituents is 3. The van der Waals surface area contributed by atoms with Gasteiger partial charge in [-0.1, -0.05) is 86.0 Å². The van der Waals surface area contributed by atoms with Gasteiger partial charge < -0.3 is 64.1 Å². The molecule has 107 heavy (non-hydrogen) atoms. The monoisotopic (exact) mass is 1490 g/mol. The SMILES string of the molecule is CNCn1c(-c2cc(OC)c(O)c(OC)c2)nc(C2CCCCC2)c1-c1ccc(OC)cc1.Cc1cc(-c2nc(-c3ccc(N(C)C)cc3)c(/C=C/c3ccc(N(C)C)cc3)[nH]2)cc(C)c1O.Cc1cc(N(C)C)ccc1-c1nc(-c2cc(NS(C)(=O)=O)c(O)c(NS(C)(=O)=O)c2)[nH]c1CCc1ccccc1. The summed E-state index contributed by atoms with van der Waals surface area (Å²) in [6, 6.07) is 51.6. The number of rotatable bonds is 24. The van der Waals surface area contributed by atoms with Crippen molar-refractivity contribution in [3.05, 3.63) is 203 Å². The minimum Gasteiger partial charge on any atom is -0.507 e. The molecule has 0 bridgehead atoms. The van der Waals surface area contributed by atoms with Crippen LogP contribution < -0.4 is 43.7 Å². The summed E-state index contributed by atoms with van der Waals surface area (Å²) in [5, 5.41) is 34.6. The number of nitrogens with zero attached hydrogens (tertiary/aromatic N) is 7. The molecule has 0 atom stereocenters. The van der Waals surface area contributed by atoms with Gasteiger partial charge in [-0.2, -0.15) is 0 Å². The third-order valence-corrected chi connectivity index (χ3v) is 19.8. The third-order valence-electron chi connectivity index (χ3n) is 18.7. The maximum absolute atomic E-state index is 12.0. The van der Waals surface area contributed by atoms with Crippen molar-refractivity contribution >= 4 is 60.6 Å².